The van der Waals surface area contributed by atoms with E-state index < -0.39 is 0 Å². The maximum atomic E-state index is 6.11. The fourth-order valence-corrected chi connectivity index (χ4v) is 3.62. The molecular formula is C20H25ClN2O2. The first-order valence-corrected chi connectivity index (χ1v) is 8.93. The number of nitrogens with zero attached hydrogens (tertiary/aromatic N) is 2. The van der Waals surface area contributed by atoms with Crippen LogP contribution < -0.4 is 14.4 Å². The molecule has 0 amide bonds. The summed E-state index contributed by atoms with van der Waals surface area (Å²) >= 11 is 6.11. The van der Waals surface area contributed by atoms with Crippen LogP contribution in [0.3, 0.4) is 0 Å². The first-order valence-electron chi connectivity index (χ1n) is 8.55. The third kappa shape index (κ3) is 4.02. The number of ether oxygens (including phenoxy) is 2. The molecule has 1 fully saturated rings. The lowest BCUT2D eigenvalue weighted by atomic mass is 10.1. The SMILES string of the molecule is COc1ccc(CN2CCN(c3cccc(Cl)c3)CC2)c(OC)c1C. The molecule has 4 nitrogen and oxygen atoms in total. The van der Waals surface area contributed by atoms with Crippen LogP contribution in [0.5, 0.6) is 11.5 Å². The fourth-order valence-electron chi connectivity index (χ4n) is 3.44. The number of benzene rings is 2. The number of rotatable bonds is 5. The van der Waals surface area contributed by atoms with Gasteiger partial charge in [-0.05, 0) is 31.2 Å². The van der Waals surface area contributed by atoms with Gasteiger partial charge in [0.1, 0.15) is 11.5 Å². The Hall–Kier alpha value is -1.91. The van der Waals surface area contributed by atoms with E-state index in [4.69, 9.17) is 21.1 Å². The van der Waals surface area contributed by atoms with E-state index in [-0.39, 0.29) is 0 Å². The topological polar surface area (TPSA) is 24.9 Å². The summed E-state index contributed by atoms with van der Waals surface area (Å²) in [6.07, 6.45) is 0. The lowest BCUT2D eigenvalue weighted by Crippen LogP contribution is -2.46. The summed E-state index contributed by atoms with van der Waals surface area (Å²) in [4.78, 5) is 4.85. The van der Waals surface area contributed by atoms with Gasteiger partial charge in [-0.25, -0.2) is 0 Å². The molecule has 1 heterocycles. The zero-order valence-electron chi connectivity index (χ0n) is 15.1. The molecule has 3 rings (SSSR count). The van der Waals surface area contributed by atoms with Gasteiger partial charge in [0, 0.05) is 54.6 Å². The van der Waals surface area contributed by atoms with Crippen LogP contribution in [0, 0.1) is 6.92 Å². The van der Waals surface area contributed by atoms with Crippen LogP contribution in [0.2, 0.25) is 5.02 Å². The molecule has 0 aromatic heterocycles. The highest BCUT2D eigenvalue weighted by Crippen LogP contribution is 2.32. The molecule has 0 unspecified atom stereocenters. The third-order valence-corrected chi connectivity index (χ3v) is 5.04. The molecule has 2 aromatic carbocycles. The first kappa shape index (κ1) is 17.9. The van der Waals surface area contributed by atoms with Gasteiger partial charge < -0.3 is 14.4 Å². The van der Waals surface area contributed by atoms with Crippen molar-refractivity contribution in [1.82, 2.24) is 4.90 Å². The number of methoxy groups -OCH3 is 2. The summed E-state index contributed by atoms with van der Waals surface area (Å²) < 4.78 is 11.0. The van der Waals surface area contributed by atoms with Crippen LogP contribution in [0.25, 0.3) is 0 Å². The summed E-state index contributed by atoms with van der Waals surface area (Å²) in [6, 6.07) is 12.2. The van der Waals surface area contributed by atoms with Crippen molar-refractivity contribution in [2.45, 2.75) is 13.5 Å². The van der Waals surface area contributed by atoms with Crippen LogP contribution in [0.15, 0.2) is 36.4 Å². The fraction of sp³-hybridized carbons (Fsp3) is 0.400. The number of halogens is 1. The molecule has 0 bridgehead atoms. The Labute approximate surface area is 154 Å². The molecule has 134 valence electrons. The van der Waals surface area contributed by atoms with Crippen LogP contribution in [0.1, 0.15) is 11.1 Å². The Morgan fingerprint density at radius 2 is 1.76 bits per heavy atom. The standard InChI is InChI=1S/C20H25ClN2O2/c1-15-19(24-2)8-7-16(20(15)25-3)14-22-9-11-23(12-10-22)18-6-4-5-17(21)13-18/h4-8,13H,9-12,14H2,1-3H3. The minimum absolute atomic E-state index is 0.790. The Kier molecular flexibility index (Phi) is 5.71. The van der Waals surface area contributed by atoms with E-state index in [1.165, 1.54) is 11.3 Å². The molecule has 0 atom stereocenters. The molecule has 1 saturated heterocycles. The lowest BCUT2D eigenvalue weighted by Gasteiger charge is -2.36. The van der Waals surface area contributed by atoms with Crippen LogP contribution >= 0.6 is 11.6 Å². The average Bonchev–Trinajstić information content (AvgIpc) is 2.63. The molecular weight excluding hydrogens is 336 g/mol. The molecule has 0 spiro atoms. The number of piperazine rings is 1. The number of anilines is 1. The van der Waals surface area contributed by atoms with E-state index in [9.17, 15) is 0 Å². The largest absolute Gasteiger partial charge is 0.496 e. The van der Waals surface area contributed by atoms with Gasteiger partial charge in [-0.3, -0.25) is 4.90 Å². The van der Waals surface area contributed by atoms with Gasteiger partial charge in [0.2, 0.25) is 0 Å². The highest BCUT2D eigenvalue weighted by atomic mass is 35.5. The second-order valence-corrected chi connectivity index (χ2v) is 6.76. The van der Waals surface area contributed by atoms with E-state index >= 15 is 0 Å². The number of hydrogen-bond donors (Lipinski definition) is 0. The zero-order chi connectivity index (χ0) is 17.8. The van der Waals surface area contributed by atoms with Gasteiger partial charge in [0.05, 0.1) is 14.2 Å². The van der Waals surface area contributed by atoms with Gasteiger partial charge in [-0.2, -0.15) is 0 Å². The second kappa shape index (κ2) is 7.98. The van der Waals surface area contributed by atoms with E-state index in [1.54, 1.807) is 14.2 Å². The summed E-state index contributed by atoms with van der Waals surface area (Å²) in [5, 5.41) is 0.790. The molecule has 0 saturated carbocycles. The maximum Gasteiger partial charge on any atom is 0.129 e. The van der Waals surface area contributed by atoms with E-state index in [2.05, 4.69) is 21.9 Å². The van der Waals surface area contributed by atoms with Crippen LogP contribution in [0.4, 0.5) is 5.69 Å². The van der Waals surface area contributed by atoms with Crippen molar-refractivity contribution >= 4 is 17.3 Å². The van der Waals surface area contributed by atoms with Crippen molar-refractivity contribution in [3.05, 3.63) is 52.5 Å². The van der Waals surface area contributed by atoms with E-state index in [0.29, 0.717) is 0 Å². The zero-order valence-corrected chi connectivity index (χ0v) is 15.8. The molecule has 0 aliphatic carbocycles. The minimum Gasteiger partial charge on any atom is -0.496 e. The van der Waals surface area contributed by atoms with Crippen molar-refractivity contribution in [3.8, 4) is 11.5 Å². The van der Waals surface area contributed by atoms with Gasteiger partial charge in [-0.15, -0.1) is 0 Å². The summed E-state index contributed by atoms with van der Waals surface area (Å²) in [6.45, 7) is 6.95. The lowest BCUT2D eigenvalue weighted by molar-refractivity contribution is 0.245. The van der Waals surface area contributed by atoms with Crippen molar-refractivity contribution in [2.24, 2.45) is 0 Å². The van der Waals surface area contributed by atoms with E-state index in [0.717, 1.165) is 54.8 Å². The summed E-state index contributed by atoms with van der Waals surface area (Å²) in [5.41, 5.74) is 3.46. The molecule has 0 radical (unpaired) electrons. The van der Waals surface area contributed by atoms with Crippen LogP contribution in [-0.2, 0) is 6.54 Å². The summed E-state index contributed by atoms with van der Waals surface area (Å²) in [7, 11) is 3.42. The van der Waals surface area contributed by atoms with Crippen molar-refractivity contribution in [3.63, 3.8) is 0 Å². The quantitative estimate of drug-likeness (QED) is 0.805. The smallest absolute Gasteiger partial charge is 0.129 e. The molecule has 5 heteroatoms. The second-order valence-electron chi connectivity index (χ2n) is 6.33. The molecule has 0 N–H and O–H groups in total. The predicted molar refractivity (Wildman–Crippen MR) is 103 cm³/mol. The average molecular weight is 361 g/mol. The molecule has 1 aliphatic heterocycles. The maximum absolute atomic E-state index is 6.11. The highest BCUT2D eigenvalue weighted by Gasteiger charge is 2.20. The monoisotopic (exact) mass is 360 g/mol. The van der Waals surface area contributed by atoms with Crippen molar-refractivity contribution in [2.75, 3.05) is 45.3 Å². The highest BCUT2D eigenvalue weighted by molar-refractivity contribution is 6.30. The van der Waals surface area contributed by atoms with Gasteiger partial charge in [0.25, 0.3) is 0 Å². The van der Waals surface area contributed by atoms with Gasteiger partial charge in [0.15, 0.2) is 0 Å². The van der Waals surface area contributed by atoms with Gasteiger partial charge >= 0.3 is 0 Å². The van der Waals surface area contributed by atoms with Crippen molar-refractivity contribution in [1.29, 1.82) is 0 Å². The first-order chi connectivity index (χ1) is 12.1. The Morgan fingerprint density at radius 3 is 2.40 bits per heavy atom. The minimum atomic E-state index is 0.790. The summed E-state index contributed by atoms with van der Waals surface area (Å²) in [5.74, 6) is 1.79. The van der Waals surface area contributed by atoms with Crippen molar-refractivity contribution < 1.29 is 9.47 Å². The molecule has 2 aromatic rings. The Morgan fingerprint density at radius 1 is 1.00 bits per heavy atom. The Balaban J connectivity index is 1.65. The number of hydrogen-bond acceptors (Lipinski definition) is 4. The molecule has 1 aliphatic rings. The molecule has 25 heavy (non-hydrogen) atoms. The van der Waals surface area contributed by atoms with Gasteiger partial charge in [-0.1, -0.05) is 23.7 Å². The Bertz CT molecular complexity index is 728. The van der Waals surface area contributed by atoms with E-state index in [1.807, 2.05) is 31.2 Å². The van der Waals surface area contributed by atoms with Crippen LogP contribution in [-0.4, -0.2) is 45.3 Å². The third-order valence-electron chi connectivity index (χ3n) is 4.80. The normalized spacial score (nSPS) is 15.3. The predicted octanol–water partition coefficient (Wildman–Crippen LogP) is 3.99.